The SMILES string of the molecule is CCN1CCN(c2nnc(Nc3c(NC4CCCC4)c(=O)c3=O)s2)CC1. The van der Waals surface area contributed by atoms with Crippen LogP contribution in [0.1, 0.15) is 32.6 Å². The summed E-state index contributed by atoms with van der Waals surface area (Å²) in [6.07, 6.45) is 4.43. The summed E-state index contributed by atoms with van der Waals surface area (Å²) >= 11 is 1.42. The molecule has 1 saturated heterocycles. The van der Waals surface area contributed by atoms with Crippen molar-refractivity contribution < 1.29 is 0 Å². The lowest BCUT2D eigenvalue weighted by atomic mass is 10.1. The van der Waals surface area contributed by atoms with E-state index in [1.54, 1.807) is 0 Å². The molecule has 1 aromatic carbocycles. The second-order valence-electron chi connectivity index (χ2n) is 6.97. The Bertz CT molecular complexity index is 829. The zero-order valence-corrected chi connectivity index (χ0v) is 15.8. The van der Waals surface area contributed by atoms with Gasteiger partial charge in [-0.2, -0.15) is 0 Å². The minimum atomic E-state index is -0.473. The monoisotopic (exact) mass is 376 g/mol. The van der Waals surface area contributed by atoms with Crippen molar-refractivity contribution in [1.82, 2.24) is 15.1 Å². The Morgan fingerprint density at radius 1 is 1.04 bits per heavy atom. The Hall–Kier alpha value is -2.00. The first kappa shape index (κ1) is 17.4. The highest BCUT2D eigenvalue weighted by Gasteiger charge is 2.26. The molecule has 0 bridgehead atoms. The summed E-state index contributed by atoms with van der Waals surface area (Å²) in [5.41, 5.74) is -0.158. The van der Waals surface area contributed by atoms with Crippen molar-refractivity contribution in [3.05, 3.63) is 20.4 Å². The molecule has 2 N–H and O–H groups in total. The second kappa shape index (κ2) is 7.32. The minimum Gasteiger partial charge on any atom is -0.377 e. The van der Waals surface area contributed by atoms with Gasteiger partial charge in [0.25, 0.3) is 10.9 Å². The molecule has 0 radical (unpaired) electrons. The molecule has 1 aliphatic heterocycles. The van der Waals surface area contributed by atoms with Gasteiger partial charge in [-0.25, -0.2) is 0 Å². The Balaban J connectivity index is 1.42. The van der Waals surface area contributed by atoms with Crippen LogP contribution in [0.2, 0.25) is 0 Å². The molecule has 8 nitrogen and oxygen atoms in total. The van der Waals surface area contributed by atoms with E-state index >= 15 is 0 Å². The number of nitrogens with zero attached hydrogens (tertiary/aromatic N) is 4. The molecule has 0 spiro atoms. The summed E-state index contributed by atoms with van der Waals surface area (Å²) < 4.78 is 0. The maximum atomic E-state index is 12.0. The van der Waals surface area contributed by atoms with E-state index in [2.05, 4.69) is 37.6 Å². The number of aromatic nitrogens is 2. The molecular formula is C17H24N6O2S. The van der Waals surface area contributed by atoms with E-state index in [0.29, 0.717) is 22.5 Å². The quantitative estimate of drug-likeness (QED) is 0.731. The smallest absolute Gasteiger partial charge is 0.253 e. The van der Waals surface area contributed by atoms with Crippen molar-refractivity contribution in [3.8, 4) is 0 Å². The molecule has 1 aromatic heterocycles. The van der Waals surface area contributed by atoms with Gasteiger partial charge in [-0.3, -0.25) is 9.59 Å². The Morgan fingerprint density at radius 2 is 1.73 bits per heavy atom. The van der Waals surface area contributed by atoms with Crippen molar-refractivity contribution in [2.75, 3.05) is 48.3 Å². The molecule has 140 valence electrons. The fourth-order valence-corrected chi connectivity index (χ4v) is 4.48. The predicted molar refractivity (Wildman–Crippen MR) is 105 cm³/mol. The van der Waals surface area contributed by atoms with Gasteiger partial charge < -0.3 is 20.4 Å². The number of anilines is 4. The van der Waals surface area contributed by atoms with E-state index in [1.165, 1.54) is 24.2 Å². The van der Waals surface area contributed by atoms with E-state index in [1.807, 2.05) is 0 Å². The fraction of sp³-hybridized carbons (Fsp3) is 0.647. The van der Waals surface area contributed by atoms with Crippen LogP contribution in [-0.4, -0.2) is 53.9 Å². The highest BCUT2D eigenvalue weighted by Crippen LogP contribution is 2.30. The standard InChI is InChI=1S/C17H24N6O2S/c1-2-22-7-9-23(10-8-22)17-21-20-16(26-17)19-13-12(14(24)15(13)25)18-11-5-3-4-6-11/h11,18H,2-10H2,1H3,(H,19,20). The van der Waals surface area contributed by atoms with Crippen LogP contribution in [0.4, 0.5) is 21.6 Å². The summed E-state index contributed by atoms with van der Waals surface area (Å²) in [7, 11) is 0. The van der Waals surface area contributed by atoms with E-state index in [9.17, 15) is 9.59 Å². The van der Waals surface area contributed by atoms with Crippen LogP contribution in [0, 0.1) is 0 Å². The summed E-state index contributed by atoms with van der Waals surface area (Å²) in [5.74, 6) is 0. The van der Waals surface area contributed by atoms with E-state index in [-0.39, 0.29) is 0 Å². The molecule has 1 aliphatic carbocycles. The number of piperazine rings is 1. The second-order valence-corrected chi connectivity index (χ2v) is 7.93. The first-order valence-corrected chi connectivity index (χ1v) is 10.1. The average Bonchev–Trinajstić information content (AvgIpc) is 3.36. The molecule has 0 unspecified atom stereocenters. The number of hydrogen-bond acceptors (Lipinski definition) is 9. The zero-order valence-electron chi connectivity index (χ0n) is 15.0. The summed E-state index contributed by atoms with van der Waals surface area (Å²) in [5, 5.41) is 16.1. The summed E-state index contributed by atoms with van der Waals surface area (Å²) in [6, 6.07) is 0.290. The lowest BCUT2D eigenvalue weighted by Gasteiger charge is -2.33. The summed E-state index contributed by atoms with van der Waals surface area (Å²) in [6.45, 7) is 7.13. The van der Waals surface area contributed by atoms with Crippen LogP contribution in [0.3, 0.4) is 0 Å². The molecule has 2 aliphatic rings. The minimum absolute atomic E-state index is 0.290. The van der Waals surface area contributed by atoms with Gasteiger partial charge in [0.1, 0.15) is 11.4 Å². The van der Waals surface area contributed by atoms with Crippen LogP contribution in [-0.2, 0) is 0 Å². The molecule has 2 heterocycles. The third-order valence-corrected chi connectivity index (χ3v) is 6.25. The normalized spacial score (nSPS) is 19.3. The largest absolute Gasteiger partial charge is 0.377 e. The highest BCUT2D eigenvalue weighted by atomic mass is 32.1. The third kappa shape index (κ3) is 3.33. The van der Waals surface area contributed by atoms with Crippen molar-refractivity contribution in [3.63, 3.8) is 0 Å². The number of hydrogen-bond donors (Lipinski definition) is 2. The lowest BCUT2D eigenvalue weighted by molar-refractivity contribution is 0.271. The third-order valence-electron chi connectivity index (χ3n) is 5.35. The maximum absolute atomic E-state index is 12.0. The lowest BCUT2D eigenvalue weighted by Crippen LogP contribution is -2.46. The first-order chi connectivity index (χ1) is 12.7. The maximum Gasteiger partial charge on any atom is 0.253 e. The molecule has 1 saturated carbocycles. The van der Waals surface area contributed by atoms with Crippen LogP contribution in [0.15, 0.2) is 9.59 Å². The average molecular weight is 376 g/mol. The van der Waals surface area contributed by atoms with Gasteiger partial charge in [0, 0.05) is 32.2 Å². The number of likely N-dealkylation sites (N-methyl/N-ethyl adjacent to an activating group) is 1. The van der Waals surface area contributed by atoms with E-state index in [0.717, 1.165) is 50.7 Å². The van der Waals surface area contributed by atoms with Gasteiger partial charge >= 0.3 is 0 Å². The Morgan fingerprint density at radius 3 is 2.42 bits per heavy atom. The van der Waals surface area contributed by atoms with E-state index < -0.39 is 10.9 Å². The van der Waals surface area contributed by atoms with Gasteiger partial charge in [-0.15, -0.1) is 10.2 Å². The molecule has 0 amide bonds. The van der Waals surface area contributed by atoms with Crippen molar-refractivity contribution in [1.29, 1.82) is 0 Å². The molecular weight excluding hydrogens is 352 g/mol. The predicted octanol–water partition coefficient (Wildman–Crippen LogP) is 1.37. The summed E-state index contributed by atoms with van der Waals surface area (Å²) in [4.78, 5) is 28.5. The van der Waals surface area contributed by atoms with Gasteiger partial charge in [0.15, 0.2) is 0 Å². The molecule has 0 atom stereocenters. The van der Waals surface area contributed by atoms with Gasteiger partial charge in [0.2, 0.25) is 10.3 Å². The zero-order chi connectivity index (χ0) is 18.1. The van der Waals surface area contributed by atoms with Crippen molar-refractivity contribution >= 4 is 33.0 Å². The highest BCUT2D eigenvalue weighted by molar-refractivity contribution is 7.19. The Kier molecular flexibility index (Phi) is 4.90. The fourth-order valence-electron chi connectivity index (χ4n) is 3.68. The van der Waals surface area contributed by atoms with Crippen LogP contribution in [0.25, 0.3) is 0 Å². The molecule has 2 fully saturated rings. The van der Waals surface area contributed by atoms with Gasteiger partial charge in [-0.05, 0) is 19.4 Å². The van der Waals surface area contributed by atoms with Gasteiger partial charge in [-0.1, -0.05) is 31.1 Å². The molecule has 2 aromatic rings. The number of nitrogens with one attached hydrogen (secondary N) is 2. The van der Waals surface area contributed by atoms with Gasteiger partial charge in [0.05, 0.1) is 0 Å². The first-order valence-electron chi connectivity index (χ1n) is 9.33. The Labute approximate surface area is 155 Å². The van der Waals surface area contributed by atoms with Crippen molar-refractivity contribution in [2.24, 2.45) is 0 Å². The van der Waals surface area contributed by atoms with Crippen molar-refractivity contribution in [2.45, 2.75) is 38.6 Å². The van der Waals surface area contributed by atoms with Crippen LogP contribution in [0.5, 0.6) is 0 Å². The van der Waals surface area contributed by atoms with E-state index in [4.69, 9.17) is 0 Å². The number of rotatable bonds is 6. The topological polar surface area (TPSA) is 90.5 Å². The van der Waals surface area contributed by atoms with Crippen LogP contribution < -0.4 is 26.4 Å². The van der Waals surface area contributed by atoms with Crippen LogP contribution >= 0.6 is 11.3 Å². The molecule has 26 heavy (non-hydrogen) atoms. The molecule has 4 rings (SSSR count). The molecule has 9 heteroatoms.